The van der Waals surface area contributed by atoms with Crippen LogP contribution in [0.4, 0.5) is 34.6 Å². The van der Waals surface area contributed by atoms with Gasteiger partial charge in [-0.25, -0.2) is 8.78 Å². The van der Waals surface area contributed by atoms with Gasteiger partial charge in [-0.2, -0.15) is 8.78 Å². The van der Waals surface area contributed by atoms with Crippen molar-refractivity contribution in [1.82, 2.24) is 0 Å². The Labute approximate surface area is 211 Å². The fourth-order valence-corrected chi connectivity index (χ4v) is 3.61. The van der Waals surface area contributed by atoms with Gasteiger partial charge in [-0.15, -0.1) is 23.2 Å². The van der Waals surface area contributed by atoms with E-state index in [1.54, 1.807) is 0 Å². The van der Waals surface area contributed by atoms with Gasteiger partial charge in [0.25, 0.3) is 11.8 Å². The molecule has 1 saturated carbocycles. The number of benzene rings is 2. The molecule has 2 aromatic rings. The van der Waals surface area contributed by atoms with E-state index in [2.05, 4.69) is 15.4 Å². The van der Waals surface area contributed by atoms with Gasteiger partial charge in [0.1, 0.15) is 21.9 Å². The van der Waals surface area contributed by atoms with Crippen molar-refractivity contribution in [2.75, 3.05) is 16.0 Å². The normalized spacial score (nSPS) is 17.0. The molecule has 3 amide bonds. The van der Waals surface area contributed by atoms with Crippen LogP contribution < -0.4 is 16.0 Å². The zero-order valence-corrected chi connectivity index (χ0v) is 19.9. The van der Waals surface area contributed by atoms with Gasteiger partial charge in [0.2, 0.25) is 5.91 Å². The molecule has 14 heteroatoms. The van der Waals surface area contributed by atoms with Crippen LogP contribution in [0.15, 0.2) is 30.3 Å². The summed E-state index contributed by atoms with van der Waals surface area (Å²) >= 11 is 17.8. The van der Waals surface area contributed by atoms with Gasteiger partial charge in [-0.1, -0.05) is 11.6 Å². The highest BCUT2D eigenvalue weighted by atomic mass is 35.5. The number of hydrogen-bond acceptors (Lipinski definition) is 4. The SMILES string of the molecule is CC(OC(F)F)C(=O)Nc1c(F)ccc(NC(=O)c2cc(NC(=O)[C@H]3CC3(Cl)Cl)ccc2Cl)c1F. The molecule has 1 aliphatic carbocycles. The van der Waals surface area contributed by atoms with Crippen LogP contribution in [0, 0.1) is 17.6 Å². The Morgan fingerprint density at radius 1 is 1.09 bits per heavy atom. The van der Waals surface area contributed by atoms with E-state index in [1.165, 1.54) is 18.2 Å². The van der Waals surface area contributed by atoms with Crippen molar-refractivity contribution in [3.8, 4) is 0 Å². The lowest BCUT2D eigenvalue weighted by atomic mass is 10.1. The largest absolute Gasteiger partial charge is 0.346 e. The minimum absolute atomic E-state index is 0.0510. The Hall–Kier alpha value is -2.60. The van der Waals surface area contributed by atoms with Crippen molar-refractivity contribution in [1.29, 1.82) is 0 Å². The Balaban J connectivity index is 1.77. The molecule has 1 unspecified atom stereocenters. The van der Waals surface area contributed by atoms with E-state index in [-0.39, 0.29) is 22.7 Å². The lowest BCUT2D eigenvalue weighted by molar-refractivity contribution is -0.168. The maximum atomic E-state index is 14.8. The molecule has 0 saturated heterocycles. The van der Waals surface area contributed by atoms with Crippen molar-refractivity contribution in [2.24, 2.45) is 5.92 Å². The van der Waals surface area contributed by atoms with Gasteiger partial charge in [-0.05, 0) is 43.7 Å². The van der Waals surface area contributed by atoms with Crippen molar-refractivity contribution in [3.05, 3.63) is 52.6 Å². The summed E-state index contributed by atoms with van der Waals surface area (Å²) in [5, 5.41) is 6.47. The number of amides is 3. The van der Waals surface area contributed by atoms with Crippen LogP contribution in [0.3, 0.4) is 0 Å². The predicted octanol–water partition coefficient (Wildman–Crippen LogP) is 5.57. The van der Waals surface area contributed by atoms with Gasteiger partial charge in [0.05, 0.1) is 22.2 Å². The number of carbonyl (C=O) groups is 3. The summed E-state index contributed by atoms with van der Waals surface area (Å²) < 4.78 is 56.3. The summed E-state index contributed by atoms with van der Waals surface area (Å²) in [6.07, 6.45) is -1.46. The lowest BCUT2D eigenvalue weighted by Gasteiger charge is -2.15. The maximum Gasteiger partial charge on any atom is 0.346 e. The van der Waals surface area contributed by atoms with Crippen LogP contribution in [0.2, 0.25) is 5.02 Å². The van der Waals surface area contributed by atoms with Crippen molar-refractivity contribution in [2.45, 2.75) is 30.4 Å². The van der Waals surface area contributed by atoms with E-state index in [0.29, 0.717) is 0 Å². The van der Waals surface area contributed by atoms with E-state index >= 15 is 0 Å². The van der Waals surface area contributed by atoms with E-state index in [0.717, 1.165) is 19.1 Å². The lowest BCUT2D eigenvalue weighted by Crippen LogP contribution is -2.30. The first-order valence-electron chi connectivity index (χ1n) is 9.82. The molecule has 0 aliphatic heterocycles. The molecular weight excluding hydrogens is 541 g/mol. The van der Waals surface area contributed by atoms with Crippen LogP contribution in [0.1, 0.15) is 23.7 Å². The number of carbonyl (C=O) groups excluding carboxylic acids is 3. The molecule has 1 aliphatic rings. The number of halogens is 7. The van der Waals surface area contributed by atoms with Crippen molar-refractivity contribution >= 4 is 69.6 Å². The molecule has 1 fully saturated rings. The summed E-state index contributed by atoms with van der Waals surface area (Å²) in [5.74, 6) is -5.89. The second-order valence-electron chi connectivity index (χ2n) is 7.47. The van der Waals surface area contributed by atoms with Crippen LogP contribution in [-0.4, -0.2) is 34.8 Å². The van der Waals surface area contributed by atoms with Gasteiger partial charge in [0, 0.05) is 5.69 Å². The number of ether oxygens (including phenoxy) is 1. The third kappa shape index (κ3) is 6.54. The van der Waals surface area contributed by atoms with Crippen LogP contribution in [0.5, 0.6) is 0 Å². The first kappa shape index (κ1) is 27.0. The highest BCUT2D eigenvalue weighted by molar-refractivity contribution is 6.52. The van der Waals surface area contributed by atoms with Crippen LogP contribution in [-0.2, 0) is 14.3 Å². The zero-order chi connectivity index (χ0) is 26.1. The standard InChI is InChI=1S/C21H16Cl3F4N3O4/c1-8(35-20(27)28)17(32)31-16-13(25)4-5-14(15(16)26)30-18(33)10-6-9(2-3-12(10)22)29-19(34)11-7-21(11,23)24/h2-6,8,11,20H,7H2,1H3,(H,29,34)(H,30,33)(H,31,32)/t8?,11-/m1/s1. The fourth-order valence-electron chi connectivity index (χ4n) is 2.90. The second kappa shape index (κ2) is 10.6. The average Bonchev–Trinajstić information content (AvgIpc) is 3.42. The number of rotatable bonds is 8. The first-order valence-corrected chi connectivity index (χ1v) is 11.0. The van der Waals surface area contributed by atoms with Crippen LogP contribution in [0.25, 0.3) is 0 Å². The zero-order valence-electron chi connectivity index (χ0n) is 17.6. The monoisotopic (exact) mass is 555 g/mol. The second-order valence-corrected chi connectivity index (χ2v) is 9.42. The first-order chi connectivity index (χ1) is 16.3. The number of anilines is 3. The van der Waals surface area contributed by atoms with Gasteiger partial charge < -0.3 is 20.7 Å². The topological polar surface area (TPSA) is 96.5 Å². The van der Waals surface area contributed by atoms with E-state index in [4.69, 9.17) is 34.8 Å². The molecule has 188 valence electrons. The molecule has 0 heterocycles. The summed E-state index contributed by atoms with van der Waals surface area (Å²) in [5.41, 5.74) is -1.52. The molecule has 0 bridgehead atoms. The fraction of sp³-hybridized carbons (Fsp3) is 0.286. The Morgan fingerprint density at radius 2 is 1.74 bits per heavy atom. The van der Waals surface area contributed by atoms with Gasteiger partial charge in [0.15, 0.2) is 5.82 Å². The number of nitrogens with one attached hydrogen (secondary N) is 3. The highest BCUT2D eigenvalue weighted by Crippen LogP contribution is 2.53. The third-order valence-corrected chi connectivity index (χ3v) is 6.05. The molecular formula is C21H16Cl3F4N3O4. The van der Waals surface area contributed by atoms with Crippen LogP contribution >= 0.6 is 34.8 Å². The number of hydrogen-bond donors (Lipinski definition) is 3. The molecule has 35 heavy (non-hydrogen) atoms. The average molecular weight is 557 g/mol. The highest BCUT2D eigenvalue weighted by Gasteiger charge is 2.56. The molecule has 2 aromatic carbocycles. The molecule has 0 radical (unpaired) electrons. The Bertz CT molecular complexity index is 1180. The molecule has 2 atom stereocenters. The Kier molecular flexibility index (Phi) is 8.15. The third-order valence-electron chi connectivity index (χ3n) is 4.88. The quantitative estimate of drug-likeness (QED) is 0.293. The Morgan fingerprint density at radius 3 is 2.34 bits per heavy atom. The smallest absolute Gasteiger partial charge is 0.326 e. The minimum atomic E-state index is -3.28. The van der Waals surface area contributed by atoms with E-state index < -0.39 is 63.7 Å². The maximum absolute atomic E-state index is 14.8. The van der Waals surface area contributed by atoms with Gasteiger partial charge >= 0.3 is 6.61 Å². The molecule has 0 spiro atoms. The molecule has 3 N–H and O–H groups in total. The predicted molar refractivity (Wildman–Crippen MR) is 122 cm³/mol. The molecule has 0 aromatic heterocycles. The number of alkyl halides is 4. The van der Waals surface area contributed by atoms with Gasteiger partial charge in [-0.3, -0.25) is 14.4 Å². The summed E-state index contributed by atoms with van der Waals surface area (Å²) in [6, 6.07) is 5.56. The minimum Gasteiger partial charge on any atom is -0.326 e. The molecule has 3 rings (SSSR count). The van der Waals surface area contributed by atoms with E-state index in [9.17, 15) is 31.9 Å². The van der Waals surface area contributed by atoms with E-state index in [1.807, 2.05) is 5.32 Å². The summed E-state index contributed by atoms with van der Waals surface area (Å²) in [4.78, 5) is 36.8. The summed E-state index contributed by atoms with van der Waals surface area (Å²) in [7, 11) is 0. The van der Waals surface area contributed by atoms with Crippen molar-refractivity contribution in [3.63, 3.8) is 0 Å². The van der Waals surface area contributed by atoms with Crippen molar-refractivity contribution < 1.29 is 36.7 Å². The summed E-state index contributed by atoms with van der Waals surface area (Å²) in [6.45, 7) is -2.32. The molecule has 7 nitrogen and oxygen atoms in total.